The number of benzene rings is 2. The smallest absolute Gasteiger partial charge is 0.251 e. The summed E-state index contributed by atoms with van der Waals surface area (Å²) >= 11 is 6.07. The number of amides is 1. The SMILES string of the molecule is CS(=O)(=O)Nc1cc(C(=O)NC2CCCc3c2cnn3Cc2ccccc2)ccc1Cl. The fraction of sp³-hybridized carbons (Fsp3) is 0.273. The van der Waals surface area contributed by atoms with E-state index in [2.05, 4.69) is 27.3 Å². The van der Waals surface area contributed by atoms with Gasteiger partial charge in [-0.25, -0.2) is 8.42 Å². The molecule has 0 aliphatic heterocycles. The molecule has 1 atom stereocenters. The quantitative estimate of drug-likeness (QED) is 0.588. The molecule has 1 aromatic heterocycles. The third kappa shape index (κ3) is 5.08. The summed E-state index contributed by atoms with van der Waals surface area (Å²) in [7, 11) is -3.51. The molecule has 3 aromatic rings. The lowest BCUT2D eigenvalue weighted by Crippen LogP contribution is -2.31. The van der Waals surface area contributed by atoms with Crippen molar-refractivity contribution in [3.05, 3.63) is 82.1 Å². The van der Waals surface area contributed by atoms with Gasteiger partial charge in [0.2, 0.25) is 10.0 Å². The first kappa shape index (κ1) is 21.4. The largest absolute Gasteiger partial charge is 0.345 e. The molecule has 0 saturated carbocycles. The maximum absolute atomic E-state index is 12.9. The minimum Gasteiger partial charge on any atom is -0.345 e. The summed E-state index contributed by atoms with van der Waals surface area (Å²) in [6.45, 7) is 0.689. The molecule has 1 aliphatic carbocycles. The Kier molecular flexibility index (Phi) is 6.02. The zero-order valence-corrected chi connectivity index (χ0v) is 18.6. The van der Waals surface area contributed by atoms with Crippen molar-refractivity contribution in [2.75, 3.05) is 11.0 Å². The Hall–Kier alpha value is -2.84. The van der Waals surface area contributed by atoms with Gasteiger partial charge in [-0.1, -0.05) is 41.9 Å². The molecule has 1 heterocycles. The van der Waals surface area contributed by atoms with Crippen molar-refractivity contribution in [3.8, 4) is 0 Å². The lowest BCUT2D eigenvalue weighted by atomic mass is 9.92. The first-order valence-corrected chi connectivity index (χ1v) is 12.2. The van der Waals surface area contributed by atoms with Crippen molar-refractivity contribution < 1.29 is 13.2 Å². The maximum atomic E-state index is 12.9. The second-order valence-electron chi connectivity index (χ2n) is 7.68. The zero-order valence-electron chi connectivity index (χ0n) is 17.0. The first-order valence-electron chi connectivity index (χ1n) is 9.97. The van der Waals surface area contributed by atoms with Crippen molar-refractivity contribution in [2.45, 2.75) is 31.8 Å². The fourth-order valence-electron chi connectivity index (χ4n) is 3.85. The number of rotatable bonds is 6. The summed E-state index contributed by atoms with van der Waals surface area (Å²) in [5.41, 5.74) is 3.85. The molecule has 1 amide bonds. The Balaban J connectivity index is 1.52. The Labute approximate surface area is 186 Å². The predicted octanol–water partition coefficient (Wildman–Crippen LogP) is 3.76. The minimum absolute atomic E-state index is 0.150. The third-order valence-corrected chi connectivity index (χ3v) is 6.19. The number of hydrogen-bond donors (Lipinski definition) is 2. The minimum atomic E-state index is -3.51. The average molecular weight is 459 g/mol. The molecule has 7 nitrogen and oxygen atoms in total. The molecule has 0 radical (unpaired) electrons. The number of carbonyl (C=O) groups excluding carboxylic acids is 1. The van der Waals surface area contributed by atoms with Crippen molar-refractivity contribution >= 4 is 33.2 Å². The van der Waals surface area contributed by atoms with Gasteiger partial charge in [0.15, 0.2) is 0 Å². The van der Waals surface area contributed by atoms with Gasteiger partial charge in [-0.15, -0.1) is 0 Å². The molecule has 4 rings (SSSR count). The lowest BCUT2D eigenvalue weighted by Gasteiger charge is -2.24. The van der Waals surface area contributed by atoms with Crippen LogP contribution >= 0.6 is 11.6 Å². The van der Waals surface area contributed by atoms with Gasteiger partial charge >= 0.3 is 0 Å². The van der Waals surface area contributed by atoms with Crippen LogP contribution in [0.1, 0.15) is 46.1 Å². The molecule has 1 unspecified atom stereocenters. The molecule has 0 fully saturated rings. The van der Waals surface area contributed by atoms with Gasteiger partial charge in [-0.2, -0.15) is 5.10 Å². The van der Waals surface area contributed by atoms with E-state index >= 15 is 0 Å². The van der Waals surface area contributed by atoms with Crippen LogP contribution in [0.15, 0.2) is 54.7 Å². The third-order valence-electron chi connectivity index (χ3n) is 5.27. The molecule has 31 heavy (non-hydrogen) atoms. The highest BCUT2D eigenvalue weighted by Crippen LogP contribution is 2.31. The highest BCUT2D eigenvalue weighted by Gasteiger charge is 2.26. The number of sulfonamides is 1. The van der Waals surface area contributed by atoms with E-state index in [4.69, 9.17) is 11.6 Å². The van der Waals surface area contributed by atoms with E-state index in [1.807, 2.05) is 29.1 Å². The van der Waals surface area contributed by atoms with Gasteiger partial charge in [0.05, 0.1) is 35.7 Å². The fourth-order valence-corrected chi connectivity index (χ4v) is 4.64. The summed E-state index contributed by atoms with van der Waals surface area (Å²) < 4.78 is 27.4. The van der Waals surface area contributed by atoms with E-state index in [0.29, 0.717) is 12.1 Å². The van der Waals surface area contributed by atoms with Crippen LogP contribution in [0.3, 0.4) is 0 Å². The molecule has 0 saturated heterocycles. The number of carbonyl (C=O) groups is 1. The van der Waals surface area contributed by atoms with E-state index in [1.165, 1.54) is 17.7 Å². The Morgan fingerprint density at radius 3 is 2.74 bits per heavy atom. The predicted molar refractivity (Wildman–Crippen MR) is 121 cm³/mol. The van der Waals surface area contributed by atoms with E-state index in [1.54, 1.807) is 6.07 Å². The number of nitrogens with one attached hydrogen (secondary N) is 2. The number of hydrogen-bond acceptors (Lipinski definition) is 4. The maximum Gasteiger partial charge on any atom is 0.251 e. The monoisotopic (exact) mass is 458 g/mol. The number of aromatic nitrogens is 2. The highest BCUT2D eigenvalue weighted by molar-refractivity contribution is 7.92. The second kappa shape index (κ2) is 8.72. The number of halogens is 1. The summed E-state index contributed by atoms with van der Waals surface area (Å²) in [6.07, 6.45) is 5.54. The van der Waals surface area contributed by atoms with Crippen LogP contribution in [0.4, 0.5) is 5.69 Å². The Morgan fingerprint density at radius 1 is 1.23 bits per heavy atom. The summed E-state index contributed by atoms with van der Waals surface area (Å²) in [5, 5.41) is 7.85. The van der Waals surface area contributed by atoms with Crippen LogP contribution in [0, 0.1) is 0 Å². The molecule has 0 spiro atoms. The molecule has 162 valence electrons. The molecule has 2 N–H and O–H groups in total. The van der Waals surface area contributed by atoms with Gasteiger partial charge < -0.3 is 5.32 Å². The van der Waals surface area contributed by atoms with Gasteiger partial charge in [0, 0.05) is 16.8 Å². The molecule has 9 heteroatoms. The van der Waals surface area contributed by atoms with E-state index in [0.717, 1.165) is 36.8 Å². The highest BCUT2D eigenvalue weighted by atomic mass is 35.5. The first-order chi connectivity index (χ1) is 14.8. The van der Waals surface area contributed by atoms with Gasteiger partial charge in [0.1, 0.15) is 0 Å². The van der Waals surface area contributed by atoms with Gasteiger partial charge in [-0.05, 0) is 43.0 Å². The normalized spacial score (nSPS) is 15.9. The Morgan fingerprint density at radius 2 is 2.00 bits per heavy atom. The van der Waals surface area contributed by atoms with Crippen molar-refractivity contribution in [1.82, 2.24) is 15.1 Å². The standard InChI is InChI=1S/C22H23ClN4O3S/c1-31(29,30)26-20-12-16(10-11-18(20)23)22(28)25-19-8-5-9-21-17(19)13-24-27(21)14-15-6-3-2-4-7-15/h2-4,6-7,10-13,19,26H,5,8-9,14H2,1H3,(H,25,28). The Bertz CT molecular complexity index is 1210. The van der Waals surface area contributed by atoms with Crippen LogP contribution in [0.5, 0.6) is 0 Å². The number of fused-ring (bicyclic) bond motifs is 1. The average Bonchev–Trinajstić information content (AvgIpc) is 3.13. The van der Waals surface area contributed by atoms with Crippen LogP contribution in [-0.2, 0) is 23.0 Å². The molecule has 1 aliphatic rings. The van der Waals surface area contributed by atoms with Crippen LogP contribution in [-0.4, -0.2) is 30.4 Å². The molecular formula is C22H23ClN4O3S. The molecule has 0 bridgehead atoms. The van der Waals surface area contributed by atoms with E-state index in [-0.39, 0.29) is 22.7 Å². The van der Waals surface area contributed by atoms with Gasteiger partial charge in [0.25, 0.3) is 5.91 Å². The summed E-state index contributed by atoms with van der Waals surface area (Å²) in [6, 6.07) is 14.5. The van der Waals surface area contributed by atoms with Crippen molar-refractivity contribution in [1.29, 1.82) is 0 Å². The number of anilines is 1. The van der Waals surface area contributed by atoms with Crippen molar-refractivity contribution in [3.63, 3.8) is 0 Å². The van der Waals surface area contributed by atoms with Gasteiger partial charge in [-0.3, -0.25) is 14.2 Å². The topological polar surface area (TPSA) is 93.1 Å². The van der Waals surface area contributed by atoms with Crippen LogP contribution in [0.2, 0.25) is 5.02 Å². The van der Waals surface area contributed by atoms with E-state index < -0.39 is 10.0 Å². The van der Waals surface area contributed by atoms with Crippen LogP contribution < -0.4 is 10.0 Å². The van der Waals surface area contributed by atoms with Crippen molar-refractivity contribution in [2.24, 2.45) is 0 Å². The lowest BCUT2D eigenvalue weighted by molar-refractivity contribution is 0.0932. The summed E-state index contributed by atoms with van der Waals surface area (Å²) in [5.74, 6) is -0.290. The second-order valence-corrected chi connectivity index (χ2v) is 9.83. The molecule has 2 aromatic carbocycles. The van der Waals surface area contributed by atoms with Crippen LogP contribution in [0.25, 0.3) is 0 Å². The number of nitrogens with zero attached hydrogens (tertiary/aromatic N) is 2. The summed E-state index contributed by atoms with van der Waals surface area (Å²) in [4.78, 5) is 12.9. The van der Waals surface area contributed by atoms with E-state index in [9.17, 15) is 13.2 Å². The molecular weight excluding hydrogens is 436 g/mol. The zero-order chi connectivity index (χ0) is 22.0.